The first-order chi connectivity index (χ1) is 10.6. The Hall–Kier alpha value is -1.59. The summed E-state index contributed by atoms with van der Waals surface area (Å²) in [7, 11) is 1.84. The lowest BCUT2D eigenvalue weighted by Crippen LogP contribution is -2.46. The van der Waals surface area contributed by atoms with Crippen LogP contribution in [-0.2, 0) is 11.3 Å². The molecule has 1 aliphatic heterocycles. The molecule has 0 bridgehead atoms. The van der Waals surface area contributed by atoms with Crippen LogP contribution in [0.2, 0.25) is 0 Å². The molecule has 0 radical (unpaired) electrons. The van der Waals surface area contributed by atoms with Gasteiger partial charge in [-0.05, 0) is 42.2 Å². The fourth-order valence-electron chi connectivity index (χ4n) is 2.88. The van der Waals surface area contributed by atoms with E-state index in [9.17, 15) is 4.79 Å². The zero-order chi connectivity index (χ0) is 15.5. The van der Waals surface area contributed by atoms with Crippen LogP contribution < -0.4 is 5.32 Å². The zero-order valence-electron chi connectivity index (χ0n) is 13.0. The monoisotopic (exact) mass is 318 g/mol. The third kappa shape index (κ3) is 3.25. The summed E-state index contributed by atoms with van der Waals surface area (Å²) < 4.78 is 6.89. The molecule has 2 atom stereocenters. The quantitative estimate of drug-likeness (QED) is 0.935. The van der Waals surface area contributed by atoms with Crippen LogP contribution in [0.25, 0.3) is 10.1 Å². The Balaban J connectivity index is 1.61. The van der Waals surface area contributed by atoms with E-state index in [0.717, 1.165) is 19.4 Å². The summed E-state index contributed by atoms with van der Waals surface area (Å²) in [5.41, 5.74) is 1.20. The summed E-state index contributed by atoms with van der Waals surface area (Å²) in [5, 5.41) is 6.42. The number of hydrogen-bond donors (Lipinski definition) is 1. The van der Waals surface area contributed by atoms with Crippen LogP contribution in [0.4, 0.5) is 4.79 Å². The normalized spacial score (nSPS) is 19.3. The SMILES string of the molecule is C[C@@H](NC(=O)N(C)Cc1csc2ccccc12)[C@H]1CCCO1. The van der Waals surface area contributed by atoms with E-state index in [1.54, 1.807) is 16.2 Å². The van der Waals surface area contributed by atoms with Gasteiger partial charge in [-0.15, -0.1) is 11.3 Å². The van der Waals surface area contributed by atoms with Crippen molar-refractivity contribution in [3.8, 4) is 0 Å². The first-order valence-electron chi connectivity index (χ1n) is 7.73. The van der Waals surface area contributed by atoms with Crippen LogP contribution in [0.15, 0.2) is 29.6 Å². The van der Waals surface area contributed by atoms with Crippen LogP contribution >= 0.6 is 11.3 Å². The number of nitrogens with one attached hydrogen (secondary N) is 1. The number of fused-ring (bicyclic) bond motifs is 1. The summed E-state index contributed by atoms with van der Waals surface area (Å²) in [4.78, 5) is 14.1. The van der Waals surface area contributed by atoms with E-state index in [2.05, 4.69) is 22.8 Å². The van der Waals surface area contributed by atoms with Gasteiger partial charge in [-0.2, -0.15) is 0 Å². The van der Waals surface area contributed by atoms with Gasteiger partial charge in [0, 0.05) is 24.9 Å². The molecule has 1 N–H and O–H groups in total. The third-order valence-electron chi connectivity index (χ3n) is 4.19. The molecule has 1 aliphatic rings. The van der Waals surface area contributed by atoms with Crippen LogP contribution in [0.5, 0.6) is 0 Å². The topological polar surface area (TPSA) is 41.6 Å². The van der Waals surface area contributed by atoms with Gasteiger partial charge in [0.2, 0.25) is 0 Å². The Kier molecular flexibility index (Phi) is 4.64. The van der Waals surface area contributed by atoms with E-state index in [1.165, 1.54) is 15.6 Å². The molecule has 1 fully saturated rings. The molecular formula is C17H22N2O2S. The van der Waals surface area contributed by atoms with Crippen molar-refractivity contribution in [1.29, 1.82) is 0 Å². The summed E-state index contributed by atoms with van der Waals surface area (Å²) in [6, 6.07) is 8.32. The number of ether oxygens (including phenoxy) is 1. The predicted octanol–water partition coefficient (Wildman–Crippen LogP) is 3.61. The van der Waals surface area contributed by atoms with Crippen molar-refractivity contribution in [2.75, 3.05) is 13.7 Å². The minimum absolute atomic E-state index is 0.0433. The number of nitrogens with zero attached hydrogens (tertiary/aromatic N) is 1. The van der Waals surface area contributed by atoms with Crippen molar-refractivity contribution >= 4 is 27.5 Å². The maximum absolute atomic E-state index is 12.3. The molecule has 3 rings (SSSR count). The van der Waals surface area contributed by atoms with Crippen LogP contribution in [-0.4, -0.2) is 36.7 Å². The van der Waals surface area contributed by atoms with E-state index in [1.807, 2.05) is 26.1 Å². The van der Waals surface area contributed by atoms with Gasteiger partial charge in [-0.3, -0.25) is 0 Å². The van der Waals surface area contributed by atoms with Crippen LogP contribution in [0.3, 0.4) is 0 Å². The lowest BCUT2D eigenvalue weighted by Gasteiger charge is -2.24. The molecule has 0 spiro atoms. The summed E-state index contributed by atoms with van der Waals surface area (Å²) in [5.74, 6) is 0. The third-order valence-corrected chi connectivity index (χ3v) is 5.20. The van der Waals surface area contributed by atoms with Gasteiger partial charge in [0.25, 0.3) is 0 Å². The van der Waals surface area contributed by atoms with Crippen molar-refractivity contribution in [3.05, 3.63) is 35.2 Å². The molecular weight excluding hydrogens is 296 g/mol. The van der Waals surface area contributed by atoms with Crippen LogP contribution in [0.1, 0.15) is 25.3 Å². The minimum atomic E-state index is -0.0433. The van der Waals surface area contributed by atoms with E-state index >= 15 is 0 Å². The molecule has 2 heterocycles. The number of hydrogen-bond acceptors (Lipinski definition) is 3. The number of urea groups is 1. The largest absolute Gasteiger partial charge is 0.376 e. The predicted molar refractivity (Wildman–Crippen MR) is 90.3 cm³/mol. The maximum Gasteiger partial charge on any atom is 0.317 e. The maximum atomic E-state index is 12.3. The molecule has 1 aromatic heterocycles. The molecule has 1 aromatic carbocycles. The Morgan fingerprint density at radius 1 is 1.50 bits per heavy atom. The number of rotatable bonds is 4. The minimum Gasteiger partial charge on any atom is -0.376 e. The van der Waals surface area contributed by atoms with Gasteiger partial charge in [0.15, 0.2) is 0 Å². The molecule has 0 aliphatic carbocycles. The summed E-state index contributed by atoms with van der Waals surface area (Å²) in [6.45, 7) is 3.44. The van der Waals surface area contributed by atoms with Crippen molar-refractivity contribution < 1.29 is 9.53 Å². The lowest BCUT2D eigenvalue weighted by molar-refractivity contribution is 0.0838. The second-order valence-corrected chi connectivity index (χ2v) is 6.81. The zero-order valence-corrected chi connectivity index (χ0v) is 13.9. The van der Waals surface area contributed by atoms with Gasteiger partial charge in [-0.25, -0.2) is 4.79 Å². The summed E-state index contributed by atoms with van der Waals surface area (Å²) >= 11 is 1.72. The van der Waals surface area contributed by atoms with E-state index in [-0.39, 0.29) is 18.2 Å². The van der Waals surface area contributed by atoms with Gasteiger partial charge in [-0.1, -0.05) is 18.2 Å². The van der Waals surface area contributed by atoms with Crippen molar-refractivity contribution in [1.82, 2.24) is 10.2 Å². The Morgan fingerprint density at radius 3 is 3.09 bits per heavy atom. The molecule has 2 aromatic rings. The molecule has 5 heteroatoms. The van der Waals surface area contributed by atoms with E-state index < -0.39 is 0 Å². The molecule has 0 unspecified atom stereocenters. The average molecular weight is 318 g/mol. The number of carbonyl (C=O) groups is 1. The molecule has 0 saturated carbocycles. The number of amides is 2. The first-order valence-corrected chi connectivity index (χ1v) is 8.61. The van der Waals surface area contributed by atoms with Crippen molar-refractivity contribution in [2.24, 2.45) is 0 Å². The smallest absolute Gasteiger partial charge is 0.317 e. The highest BCUT2D eigenvalue weighted by atomic mass is 32.1. The fraction of sp³-hybridized carbons (Fsp3) is 0.471. The Bertz CT molecular complexity index is 649. The second-order valence-electron chi connectivity index (χ2n) is 5.90. The lowest BCUT2D eigenvalue weighted by atomic mass is 10.1. The number of thiophene rings is 1. The highest BCUT2D eigenvalue weighted by Crippen LogP contribution is 2.26. The Labute approximate surface area is 135 Å². The van der Waals surface area contributed by atoms with Gasteiger partial charge in [0.1, 0.15) is 0 Å². The van der Waals surface area contributed by atoms with Crippen LogP contribution in [0, 0.1) is 0 Å². The van der Waals surface area contributed by atoms with Crippen molar-refractivity contribution in [2.45, 2.75) is 38.5 Å². The Morgan fingerprint density at radius 2 is 2.32 bits per heavy atom. The average Bonchev–Trinajstić information content (AvgIpc) is 3.17. The standard InChI is InChI=1S/C17H22N2O2S/c1-12(15-7-5-9-21-15)18-17(20)19(2)10-13-11-22-16-8-4-3-6-14(13)16/h3-4,6,8,11-12,15H,5,7,9-10H2,1-2H3,(H,18,20)/t12-,15-/m1/s1. The fourth-order valence-corrected chi connectivity index (χ4v) is 3.83. The molecule has 2 amide bonds. The number of benzene rings is 1. The molecule has 118 valence electrons. The molecule has 4 nitrogen and oxygen atoms in total. The number of carbonyl (C=O) groups excluding carboxylic acids is 1. The van der Waals surface area contributed by atoms with Gasteiger partial charge < -0.3 is 15.0 Å². The van der Waals surface area contributed by atoms with Gasteiger partial charge in [0.05, 0.1) is 12.1 Å². The highest BCUT2D eigenvalue weighted by Gasteiger charge is 2.24. The summed E-state index contributed by atoms with van der Waals surface area (Å²) in [6.07, 6.45) is 2.27. The molecule has 22 heavy (non-hydrogen) atoms. The van der Waals surface area contributed by atoms with E-state index in [4.69, 9.17) is 4.74 Å². The highest BCUT2D eigenvalue weighted by molar-refractivity contribution is 7.17. The molecule has 1 saturated heterocycles. The van der Waals surface area contributed by atoms with Crippen molar-refractivity contribution in [3.63, 3.8) is 0 Å². The van der Waals surface area contributed by atoms with Gasteiger partial charge >= 0.3 is 6.03 Å². The first kappa shape index (κ1) is 15.3. The van der Waals surface area contributed by atoms with E-state index in [0.29, 0.717) is 6.54 Å². The second kappa shape index (κ2) is 6.67.